The summed E-state index contributed by atoms with van der Waals surface area (Å²) in [6.07, 6.45) is -6.59. The molecule has 0 aromatic heterocycles. The van der Waals surface area contributed by atoms with Crippen molar-refractivity contribution in [1.82, 2.24) is 16.0 Å². The summed E-state index contributed by atoms with van der Waals surface area (Å²) < 4.78 is 71.9. The van der Waals surface area contributed by atoms with Crippen molar-refractivity contribution in [2.45, 2.75) is 50.9 Å². The molecule has 0 saturated carbocycles. The average molecular weight is 709 g/mol. The van der Waals surface area contributed by atoms with E-state index in [0.717, 1.165) is 0 Å². The van der Waals surface area contributed by atoms with Crippen LogP contribution in [0, 0.1) is 5.92 Å². The van der Waals surface area contributed by atoms with Gasteiger partial charge in [-0.1, -0.05) is 66.3 Å². The van der Waals surface area contributed by atoms with Gasteiger partial charge in [0.25, 0.3) is 11.8 Å². The summed E-state index contributed by atoms with van der Waals surface area (Å²) in [4.78, 5) is 50.7. The fraction of sp³-hybridized carbons (Fsp3) is 0.407. The molecule has 0 radical (unpaired) electrons. The van der Waals surface area contributed by atoms with Gasteiger partial charge in [-0.15, -0.1) is 0 Å². The van der Waals surface area contributed by atoms with Crippen LogP contribution in [0.4, 0.5) is 22.0 Å². The topological polar surface area (TPSA) is 114 Å². The monoisotopic (exact) mass is 707 g/mol. The molecular weight excluding hydrogens is 683 g/mol. The third-order valence-electron chi connectivity index (χ3n) is 5.82. The molecular formula is C27H26Cl4F5N3O5. The summed E-state index contributed by atoms with van der Waals surface area (Å²) in [6, 6.07) is 4.99. The molecule has 44 heavy (non-hydrogen) atoms. The van der Waals surface area contributed by atoms with Gasteiger partial charge in [-0.3, -0.25) is 19.2 Å². The van der Waals surface area contributed by atoms with Crippen molar-refractivity contribution in [3.8, 4) is 5.75 Å². The largest absolute Gasteiger partial charge is 0.484 e. The molecule has 0 aliphatic carbocycles. The highest BCUT2D eigenvalue weighted by Gasteiger charge is 2.51. The Kier molecular flexibility index (Phi) is 13.5. The molecule has 2 aromatic rings. The molecule has 1 unspecified atom stereocenters. The normalized spacial score (nSPS) is 13.2. The first-order valence-electron chi connectivity index (χ1n) is 12.7. The van der Waals surface area contributed by atoms with Crippen molar-refractivity contribution in [2.75, 3.05) is 13.2 Å². The van der Waals surface area contributed by atoms with E-state index in [2.05, 4.69) is 10.6 Å². The van der Waals surface area contributed by atoms with Crippen molar-refractivity contribution in [3.63, 3.8) is 0 Å². The SMILES string of the molecule is CC(C)[C@H](NC(=O)C(Cc1ccc(Cl)c(Cl)c1)NC(=O)COc1cc(Cl)cc(Cl)c1)C(=O)C(F)(F)C(=O)NCCC(F)(F)F. The number of amides is 3. The van der Waals surface area contributed by atoms with Gasteiger partial charge >= 0.3 is 12.1 Å². The zero-order valence-electron chi connectivity index (χ0n) is 23.0. The van der Waals surface area contributed by atoms with Gasteiger partial charge in [-0.25, -0.2) is 0 Å². The van der Waals surface area contributed by atoms with E-state index in [1.807, 2.05) is 0 Å². The lowest BCUT2D eigenvalue weighted by atomic mass is 9.94. The summed E-state index contributed by atoms with van der Waals surface area (Å²) in [5, 5.41) is 6.63. The van der Waals surface area contributed by atoms with Crippen molar-refractivity contribution < 1.29 is 45.9 Å². The first-order chi connectivity index (χ1) is 20.3. The number of carbonyl (C=O) groups excluding carboxylic acids is 4. The maximum absolute atomic E-state index is 14.7. The van der Waals surface area contributed by atoms with Crippen LogP contribution in [0.2, 0.25) is 20.1 Å². The highest BCUT2D eigenvalue weighted by molar-refractivity contribution is 6.42. The standard InChI is InChI=1S/C27H26Cl4F5N3O5/c1-13(2)22(23(41)27(35,36)25(43)37-6-5-26(32,33)34)39-24(42)20(8-14-3-4-18(30)19(31)7-14)38-21(40)12-44-17-10-15(28)9-16(29)11-17/h3-4,7,9-11,13,20,22H,5-6,8,12H2,1-2H3,(H,37,43)(H,38,40)(H,39,42)/t20?,22-/m0/s1. The van der Waals surface area contributed by atoms with Crippen molar-refractivity contribution in [1.29, 1.82) is 0 Å². The third kappa shape index (κ3) is 11.6. The summed E-state index contributed by atoms with van der Waals surface area (Å²) in [6.45, 7) is 0.754. The van der Waals surface area contributed by atoms with Crippen LogP contribution in [0.25, 0.3) is 0 Å². The number of hydrogen-bond donors (Lipinski definition) is 3. The Labute approximate surface area is 268 Å². The number of benzene rings is 2. The lowest BCUT2D eigenvalue weighted by molar-refractivity contribution is -0.162. The molecule has 3 N–H and O–H groups in total. The Morgan fingerprint density at radius 1 is 0.864 bits per heavy atom. The molecule has 8 nitrogen and oxygen atoms in total. The average Bonchev–Trinajstić information content (AvgIpc) is 2.90. The molecule has 2 aromatic carbocycles. The summed E-state index contributed by atoms with van der Waals surface area (Å²) in [5.74, 6) is -11.9. The molecule has 0 spiro atoms. The molecule has 2 rings (SSSR count). The lowest BCUT2D eigenvalue weighted by Crippen LogP contribution is -2.59. The summed E-state index contributed by atoms with van der Waals surface area (Å²) >= 11 is 23.8. The maximum atomic E-state index is 14.7. The second-order valence-electron chi connectivity index (χ2n) is 9.76. The number of ether oxygens (including phenoxy) is 1. The van der Waals surface area contributed by atoms with E-state index in [9.17, 15) is 41.1 Å². The van der Waals surface area contributed by atoms with Crippen LogP contribution in [0.5, 0.6) is 5.75 Å². The number of alkyl halides is 5. The van der Waals surface area contributed by atoms with Gasteiger partial charge in [0.15, 0.2) is 6.61 Å². The minimum absolute atomic E-state index is 0.113. The number of carbonyl (C=O) groups is 4. The van der Waals surface area contributed by atoms with Crippen molar-refractivity contribution in [3.05, 3.63) is 62.1 Å². The van der Waals surface area contributed by atoms with E-state index in [1.165, 1.54) is 55.6 Å². The Bertz CT molecular complexity index is 1360. The molecule has 0 heterocycles. The number of nitrogens with one attached hydrogen (secondary N) is 3. The van der Waals surface area contributed by atoms with Crippen LogP contribution in [0.15, 0.2) is 36.4 Å². The summed E-state index contributed by atoms with van der Waals surface area (Å²) in [7, 11) is 0. The highest BCUT2D eigenvalue weighted by atomic mass is 35.5. The number of halogens is 9. The molecule has 0 aliphatic rings. The van der Waals surface area contributed by atoms with E-state index in [1.54, 1.807) is 0 Å². The Morgan fingerprint density at radius 2 is 1.48 bits per heavy atom. The molecule has 0 fully saturated rings. The molecule has 0 aliphatic heterocycles. The van der Waals surface area contributed by atoms with E-state index in [-0.39, 0.29) is 32.3 Å². The molecule has 0 saturated heterocycles. The van der Waals surface area contributed by atoms with Gasteiger partial charge < -0.3 is 20.7 Å². The number of Topliss-reactive ketones (excluding diaryl/α,β-unsaturated/α-hetero) is 1. The zero-order chi connectivity index (χ0) is 33.4. The second kappa shape index (κ2) is 15.9. The maximum Gasteiger partial charge on any atom is 0.390 e. The smallest absolute Gasteiger partial charge is 0.390 e. The van der Waals surface area contributed by atoms with Crippen LogP contribution in [0.3, 0.4) is 0 Å². The first-order valence-corrected chi connectivity index (χ1v) is 14.2. The molecule has 17 heteroatoms. The number of hydrogen-bond acceptors (Lipinski definition) is 5. The molecule has 2 atom stereocenters. The van der Waals surface area contributed by atoms with Crippen LogP contribution >= 0.6 is 46.4 Å². The van der Waals surface area contributed by atoms with Gasteiger partial charge in [0.05, 0.1) is 22.5 Å². The van der Waals surface area contributed by atoms with Gasteiger partial charge in [0, 0.05) is 23.0 Å². The minimum atomic E-state index is -4.79. The van der Waals surface area contributed by atoms with Gasteiger partial charge in [0.2, 0.25) is 11.7 Å². The predicted octanol–water partition coefficient (Wildman–Crippen LogP) is 5.82. The Hall–Kier alpha value is -2.87. The molecule has 3 amide bonds. The minimum Gasteiger partial charge on any atom is -0.484 e. The first kappa shape index (κ1) is 37.3. The van der Waals surface area contributed by atoms with Crippen LogP contribution in [0.1, 0.15) is 25.8 Å². The molecule has 242 valence electrons. The van der Waals surface area contributed by atoms with Crippen LogP contribution in [-0.2, 0) is 25.6 Å². The van der Waals surface area contributed by atoms with Gasteiger partial charge in [0.1, 0.15) is 11.8 Å². The van der Waals surface area contributed by atoms with E-state index >= 15 is 0 Å². The van der Waals surface area contributed by atoms with E-state index < -0.39 is 73.2 Å². The highest BCUT2D eigenvalue weighted by Crippen LogP contribution is 2.26. The lowest BCUT2D eigenvalue weighted by Gasteiger charge is -2.27. The van der Waals surface area contributed by atoms with Gasteiger partial charge in [-0.05, 0) is 41.8 Å². The third-order valence-corrected chi connectivity index (χ3v) is 6.99. The Balaban J connectivity index is 2.24. The second-order valence-corrected chi connectivity index (χ2v) is 11.4. The zero-order valence-corrected chi connectivity index (χ0v) is 26.0. The van der Waals surface area contributed by atoms with Crippen LogP contribution in [-0.4, -0.2) is 60.8 Å². The molecule has 0 bridgehead atoms. The number of ketones is 1. The Morgan fingerprint density at radius 3 is 2.02 bits per heavy atom. The van der Waals surface area contributed by atoms with Gasteiger partial charge in [-0.2, -0.15) is 22.0 Å². The van der Waals surface area contributed by atoms with Crippen molar-refractivity contribution in [2.24, 2.45) is 5.92 Å². The van der Waals surface area contributed by atoms with E-state index in [0.29, 0.717) is 5.56 Å². The van der Waals surface area contributed by atoms with Crippen LogP contribution < -0.4 is 20.7 Å². The quantitative estimate of drug-likeness (QED) is 0.169. The predicted molar refractivity (Wildman–Crippen MR) is 154 cm³/mol. The fourth-order valence-electron chi connectivity index (χ4n) is 3.63. The van der Waals surface area contributed by atoms with E-state index in [4.69, 9.17) is 51.1 Å². The number of rotatable bonds is 14. The summed E-state index contributed by atoms with van der Waals surface area (Å²) in [5.41, 5.74) is 0.379. The fourth-order valence-corrected chi connectivity index (χ4v) is 4.46. The van der Waals surface area contributed by atoms with Crippen molar-refractivity contribution >= 4 is 69.9 Å².